The zero-order valence-corrected chi connectivity index (χ0v) is 22.4. The van der Waals surface area contributed by atoms with E-state index in [1.54, 1.807) is 11.8 Å². The van der Waals surface area contributed by atoms with Crippen molar-refractivity contribution < 1.29 is 4.74 Å². The Kier molecular flexibility index (Phi) is 7.47. The second kappa shape index (κ2) is 11.1. The minimum Gasteiger partial charge on any atom is -0.493 e. The largest absolute Gasteiger partial charge is 0.493 e. The van der Waals surface area contributed by atoms with Gasteiger partial charge in [0.25, 0.3) is 0 Å². The average Bonchev–Trinajstić information content (AvgIpc) is 3.32. The lowest BCUT2D eigenvalue weighted by molar-refractivity contribution is 0.343. The Balaban J connectivity index is 1.45. The molecule has 186 valence electrons. The molecule has 0 unspecified atom stereocenters. The van der Waals surface area contributed by atoms with Crippen molar-refractivity contribution in [2.75, 3.05) is 12.4 Å². The molecule has 0 saturated carbocycles. The van der Waals surface area contributed by atoms with Gasteiger partial charge in [0.2, 0.25) is 0 Å². The van der Waals surface area contributed by atoms with Crippen LogP contribution >= 0.6 is 11.8 Å². The van der Waals surface area contributed by atoms with E-state index in [1.807, 2.05) is 12.1 Å². The van der Waals surface area contributed by atoms with E-state index in [2.05, 4.69) is 128 Å². The van der Waals surface area contributed by atoms with Crippen LogP contribution in [0.5, 0.6) is 5.75 Å². The van der Waals surface area contributed by atoms with E-state index >= 15 is 0 Å². The number of thioether (sulfide) groups is 1. The van der Waals surface area contributed by atoms with Crippen molar-refractivity contribution in [2.24, 2.45) is 0 Å². The van der Waals surface area contributed by atoms with E-state index in [4.69, 9.17) is 9.72 Å². The minimum absolute atomic E-state index is 0.135. The number of para-hydroxylation sites is 1. The van der Waals surface area contributed by atoms with Crippen molar-refractivity contribution in [1.29, 1.82) is 0 Å². The van der Waals surface area contributed by atoms with Crippen molar-refractivity contribution in [2.45, 2.75) is 31.3 Å². The fourth-order valence-electron chi connectivity index (χ4n) is 4.32. The molecule has 37 heavy (non-hydrogen) atoms. The van der Waals surface area contributed by atoms with Gasteiger partial charge >= 0.3 is 0 Å². The van der Waals surface area contributed by atoms with Gasteiger partial charge in [-0.3, -0.25) is 4.57 Å². The van der Waals surface area contributed by atoms with Gasteiger partial charge in [-0.15, -0.1) is 0 Å². The number of nitrogens with zero attached hydrogens (tertiary/aromatic N) is 2. The van der Waals surface area contributed by atoms with E-state index in [9.17, 15) is 0 Å². The number of rotatable bonds is 8. The first-order valence-corrected chi connectivity index (χ1v) is 13.6. The number of imidazole rings is 1. The minimum atomic E-state index is 0.135. The molecule has 0 atom stereocenters. The maximum atomic E-state index is 6.09. The molecule has 0 amide bonds. The van der Waals surface area contributed by atoms with Crippen molar-refractivity contribution in [3.63, 3.8) is 0 Å². The van der Waals surface area contributed by atoms with E-state index in [1.165, 1.54) is 5.56 Å². The molecule has 4 aromatic carbocycles. The summed E-state index contributed by atoms with van der Waals surface area (Å²) < 4.78 is 8.37. The second-order valence-corrected chi connectivity index (χ2v) is 11.0. The molecule has 0 aliphatic carbocycles. The maximum absolute atomic E-state index is 6.09. The highest BCUT2D eigenvalue weighted by Crippen LogP contribution is 2.38. The summed E-state index contributed by atoms with van der Waals surface area (Å²) in [6.45, 7) is 7.27. The first-order valence-electron chi connectivity index (χ1n) is 12.7. The molecule has 4 heteroatoms. The van der Waals surface area contributed by atoms with Crippen LogP contribution in [-0.4, -0.2) is 21.9 Å². The van der Waals surface area contributed by atoms with E-state index in [0.717, 1.165) is 44.9 Å². The smallest absolute Gasteiger partial charge is 0.173 e. The molecule has 5 rings (SSSR count). The van der Waals surface area contributed by atoms with Gasteiger partial charge in [0.1, 0.15) is 5.75 Å². The van der Waals surface area contributed by atoms with Crippen molar-refractivity contribution in [1.82, 2.24) is 9.55 Å². The summed E-state index contributed by atoms with van der Waals surface area (Å²) in [5.74, 6) is 1.68. The molecule has 0 aliphatic heterocycles. The van der Waals surface area contributed by atoms with Crippen LogP contribution in [0.4, 0.5) is 0 Å². The molecule has 0 fully saturated rings. The Hall–Kier alpha value is -3.76. The van der Waals surface area contributed by atoms with E-state index in [-0.39, 0.29) is 5.41 Å². The van der Waals surface area contributed by atoms with Crippen LogP contribution in [0.3, 0.4) is 0 Å². The Labute approximate surface area is 224 Å². The lowest BCUT2D eigenvalue weighted by Crippen LogP contribution is -2.10. The Bertz CT molecular complexity index is 1420. The zero-order chi connectivity index (χ0) is 25.7. The number of ether oxygens (including phenoxy) is 1. The van der Waals surface area contributed by atoms with Crippen LogP contribution in [0.25, 0.3) is 28.2 Å². The third-order valence-corrected chi connectivity index (χ3v) is 7.16. The van der Waals surface area contributed by atoms with Gasteiger partial charge < -0.3 is 4.74 Å². The molecule has 0 radical (unpaired) electrons. The Morgan fingerprint density at radius 3 is 1.86 bits per heavy atom. The highest BCUT2D eigenvalue weighted by Gasteiger charge is 2.21. The van der Waals surface area contributed by atoms with Crippen molar-refractivity contribution in [3.8, 4) is 34.0 Å². The molecular weight excluding hydrogens is 472 g/mol. The van der Waals surface area contributed by atoms with Crippen LogP contribution in [0.1, 0.15) is 26.3 Å². The lowest BCUT2D eigenvalue weighted by Gasteiger charge is -2.19. The first-order chi connectivity index (χ1) is 18.0. The molecule has 0 saturated heterocycles. The number of hydrogen-bond donors (Lipinski definition) is 0. The predicted molar refractivity (Wildman–Crippen MR) is 156 cm³/mol. The lowest BCUT2D eigenvalue weighted by atomic mass is 9.87. The van der Waals surface area contributed by atoms with Crippen LogP contribution in [0.2, 0.25) is 0 Å². The third-order valence-electron chi connectivity index (χ3n) is 6.26. The average molecular weight is 505 g/mol. The van der Waals surface area contributed by atoms with E-state index in [0.29, 0.717) is 6.61 Å². The summed E-state index contributed by atoms with van der Waals surface area (Å²) in [6.07, 6.45) is 0. The first kappa shape index (κ1) is 24.9. The monoisotopic (exact) mass is 504 g/mol. The standard InChI is InChI=1S/C33H32N2OS/c1-33(2,3)27-19-21-29(22-20-27)36-23-24-37-32-34-30(25-13-7-4-8-14-25)31(26-15-9-5-10-16-26)35(32)28-17-11-6-12-18-28/h4-22H,23-24H2,1-3H3. The quantitative estimate of drug-likeness (QED) is 0.156. The van der Waals surface area contributed by atoms with Gasteiger partial charge in [-0.1, -0.05) is 124 Å². The van der Waals surface area contributed by atoms with Gasteiger partial charge in [-0.2, -0.15) is 0 Å². The Morgan fingerprint density at radius 1 is 0.703 bits per heavy atom. The van der Waals surface area contributed by atoms with Gasteiger partial charge in [0.15, 0.2) is 5.16 Å². The number of benzene rings is 4. The van der Waals surface area contributed by atoms with Crippen molar-refractivity contribution >= 4 is 11.8 Å². The molecule has 0 aliphatic rings. The molecule has 1 aromatic heterocycles. The van der Waals surface area contributed by atoms with Crippen LogP contribution < -0.4 is 4.74 Å². The zero-order valence-electron chi connectivity index (χ0n) is 21.6. The summed E-state index contributed by atoms with van der Waals surface area (Å²) in [5.41, 5.74) is 6.86. The maximum Gasteiger partial charge on any atom is 0.173 e. The highest BCUT2D eigenvalue weighted by atomic mass is 32.2. The molecular formula is C33H32N2OS. The molecule has 1 heterocycles. The second-order valence-electron chi connectivity index (χ2n) is 9.97. The number of hydrogen-bond acceptors (Lipinski definition) is 3. The number of aromatic nitrogens is 2. The summed E-state index contributed by atoms with van der Waals surface area (Å²) >= 11 is 1.72. The molecule has 0 spiro atoms. The highest BCUT2D eigenvalue weighted by molar-refractivity contribution is 7.99. The van der Waals surface area contributed by atoms with Crippen molar-refractivity contribution in [3.05, 3.63) is 121 Å². The third kappa shape index (κ3) is 5.81. The Morgan fingerprint density at radius 2 is 1.27 bits per heavy atom. The molecule has 0 N–H and O–H groups in total. The van der Waals surface area contributed by atoms with Crippen LogP contribution in [-0.2, 0) is 5.41 Å². The van der Waals surface area contributed by atoms with Gasteiger partial charge in [-0.25, -0.2) is 4.98 Å². The SMILES string of the molecule is CC(C)(C)c1ccc(OCCSc2nc(-c3ccccc3)c(-c3ccccc3)n2-c2ccccc2)cc1. The fourth-order valence-corrected chi connectivity index (χ4v) is 5.15. The molecule has 5 aromatic rings. The van der Waals surface area contributed by atoms with Crippen LogP contribution in [0, 0.1) is 0 Å². The summed E-state index contributed by atoms with van der Waals surface area (Å²) in [4.78, 5) is 5.19. The molecule has 0 bridgehead atoms. The summed E-state index contributed by atoms with van der Waals surface area (Å²) in [5, 5.41) is 0.954. The topological polar surface area (TPSA) is 27.1 Å². The van der Waals surface area contributed by atoms with Gasteiger partial charge in [0, 0.05) is 22.6 Å². The fraction of sp³-hybridized carbons (Fsp3) is 0.182. The summed E-state index contributed by atoms with van der Waals surface area (Å²) in [7, 11) is 0. The normalized spacial score (nSPS) is 11.4. The van der Waals surface area contributed by atoms with Crippen LogP contribution in [0.15, 0.2) is 120 Å². The molecule has 3 nitrogen and oxygen atoms in total. The summed E-state index contributed by atoms with van der Waals surface area (Å²) in [6, 6.07) is 39.9. The van der Waals surface area contributed by atoms with Gasteiger partial charge in [0.05, 0.1) is 18.0 Å². The predicted octanol–water partition coefficient (Wildman–Crippen LogP) is 8.67. The van der Waals surface area contributed by atoms with E-state index < -0.39 is 0 Å². The van der Waals surface area contributed by atoms with Gasteiger partial charge in [-0.05, 0) is 35.2 Å².